The third-order valence-electron chi connectivity index (χ3n) is 2.42. The molecule has 1 aliphatic heterocycles. The molecule has 14 heavy (non-hydrogen) atoms. The van der Waals surface area contributed by atoms with Gasteiger partial charge in [0.2, 0.25) is 0 Å². The largest absolute Gasteiger partial charge is 0.335 e. The van der Waals surface area contributed by atoms with Crippen molar-refractivity contribution in [2.75, 3.05) is 20.1 Å². The third kappa shape index (κ3) is 2.20. The molecule has 5 heteroatoms. The van der Waals surface area contributed by atoms with Gasteiger partial charge in [0, 0.05) is 6.54 Å². The van der Waals surface area contributed by atoms with Gasteiger partial charge in [-0.15, -0.1) is 0 Å². The average molecular weight is 206 g/mol. The van der Waals surface area contributed by atoms with Gasteiger partial charge in [0.05, 0.1) is 12.6 Å². The van der Waals surface area contributed by atoms with E-state index in [-0.39, 0.29) is 19.1 Å². The molecule has 0 radical (unpaired) electrons. The van der Waals surface area contributed by atoms with Crippen LogP contribution in [0.4, 0.5) is 8.78 Å². The number of halogens is 2. The summed E-state index contributed by atoms with van der Waals surface area (Å²) < 4.78 is 26.5. The van der Waals surface area contributed by atoms with Crippen molar-refractivity contribution in [3.63, 3.8) is 0 Å². The number of hydrogen-bond donors (Lipinski definition) is 1. The topological polar surface area (TPSA) is 32.3 Å². The van der Waals surface area contributed by atoms with E-state index in [1.807, 2.05) is 0 Å². The molecule has 1 N–H and O–H groups in total. The van der Waals surface area contributed by atoms with Gasteiger partial charge in [0.1, 0.15) is 6.17 Å². The molecule has 1 fully saturated rings. The Hall–Kier alpha value is -0.710. The normalized spacial score (nSPS) is 28.2. The fourth-order valence-electron chi connectivity index (χ4n) is 1.58. The second-order valence-corrected chi connectivity index (χ2v) is 4.09. The molecule has 3 nitrogen and oxygen atoms in total. The fraction of sp³-hybridized carbons (Fsp3) is 0.889. The summed E-state index contributed by atoms with van der Waals surface area (Å²) in [4.78, 5) is 12.7. The summed E-state index contributed by atoms with van der Waals surface area (Å²) in [5.41, 5.74) is -1.91. The van der Waals surface area contributed by atoms with Crippen molar-refractivity contribution in [3.8, 4) is 0 Å². The number of carbonyl (C=O) groups excluding carboxylic acids is 1. The molecule has 1 amide bonds. The average Bonchev–Trinajstić information content (AvgIpc) is 2.43. The van der Waals surface area contributed by atoms with E-state index in [1.165, 1.54) is 18.7 Å². The minimum absolute atomic E-state index is 0.0162. The lowest BCUT2D eigenvalue weighted by atomic mass is 10.1. The highest BCUT2D eigenvalue weighted by molar-refractivity contribution is 5.84. The number of nitrogens with one attached hydrogen (secondary N) is 1. The molecule has 0 aromatic heterocycles. The molecule has 0 spiro atoms. The van der Waals surface area contributed by atoms with Gasteiger partial charge in [0.15, 0.2) is 5.67 Å². The Kier molecular flexibility index (Phi) is 3.09. The lowest BCUT2D eigenvalue weighted by Gasteiger charge is -2.22. The Balaban J connectivity index is 2.62. The van der Waals surface area contributed by atoms with Crippen LogP contribution in [0, 0.1) is 0 Å². The van der Waals surface area contributed by atoms with Crippen LogP contribution in [0.15, 0.2) is 0 Å². The van der Waals surface area contributed by atoms with E-state index in [0.717, 1.165) is 0 Å². The van der Waals surface area contributed by atoms with Crippen LogP contribution in [-0.2, 0) is 4.79 Å². The zero-order valence-electron chi connectivity index (χ0n) is 8.68. The minimum Gasteiger partial charge on any atom is -0.335 e. The Morgan fingerprint density at radius 2 is 2.07 bits per heavy atom. The second kappa shape index (κ2) is 3.81. The summed E-state index contributed by atoms with van der Waals surface area (Å²) >= 11 is 0. The highest BCUT2D eigenvalue weighted by Gasteiger charge is 2.40. The maximum Gasteiger partial charge on any atom is 0.259 e. The van der Waals surface area contributed by atoms with Crippen molar-refractivity contribution in [3.05, 3.63) is 0 Å². The summed E-state index contributed by atoms with van der Waals surface area (Å²) in [6.45, 7) is 2.60. The zero-order chi connectivity index (χ0) is 10.9. The van der Waals surface area contributed by atoms with Crippen LogP contribution in [0.1, 0.15) is 13.8 Å². The molecule has 1 aliphatic rings. The monoisotopic (exact) mass is 206 g/mol. The second-order valence-electron chi connectivity index (χ2n) is 4.09. The highest BCUT2D eigenvalue weighted by Crippen LogP contribution is 2.19. The van der Waals surface area contributed by atoms with E-state index in [0.29, 0.717) is 0 Å². The van der Waals surface area contributed by atoms with Gasteiger partial charge in [-0.2, -0.15) is 0 Å². The van der Waals surface area contributed by atoms with Crippen LogP contribution in [0.2, 0.25) is 0 Å². The van der Waals surface area contributed by atoms with Crippen molar-refractivity contribution >= 4 is 5.91 Å². The number of rotatable bonds is 2. The molecular weight excluding hydrogens is 190 g/mol. The summed E-state index contributed by atoms with van der Waals surface area (Å²) in [7, 11) is 1.63. The van der Waals surface area contributed by atoms with Crippen molar-refractivity contribution in [2.24, 2.45) is 0 Å². The molecule has 2 atom stereocenters. The molecule has 0 aliphatic carbocycles. The van der Waals surface area contributed by atoms with Crippen LogP contribution in [0.25, 0.3) is 0 Å². The number of likely N-dealkylation sites (tertiary alicyclic amines) is 1. The first-order chi connectivity index (χ1) is 6.36. The van der Waals surface area contributed by atoms with E-state index in [9.17, 15) is 13.6 Å². The molecule has 0 saturated carbocycles. The SMILES string of the molecule is CN[C@@H]1CN(C(=O)C(C)(C)F)C[C@@H]1F. The minimum atomic E-state index is -1.91. The molecule has 1 rings (SSSR count). The van der Waals surface area contributed by atoms with Gasteiger partial charge in [-0.1, -0.05) is 0 Å². The number of nitrogens with zero attached hydrogens (tertiary/aromatic N) is 1. The quantitative estimate of drug-likeness (QED) is 0.713. The van der Waals surface area contributed by atoms with E-state index < -0.39 is 17.7 Å². The van der Waals surface area contributed by atoms with Gasteiger partial charge in [-0.25, -0.2) is 8.78 Å². The van der Waals surface area contributed by atoms with E-state index in [2.05, 4.69) is 5.32 Å². The number of amides is 1. The Morgan fingerprint density at radius 3 is 2.43 bits per heavy atom. The van der Waals surface area contributed by atoms with Crippen LogP contribution >= 0.6 is 0 Å². The lowest BCUT2D eigenvalue weighted by molar-refractivity contribution is -0.140. The van der Waals surface area contributed by atoms with Gasteiger partial charge >= 0.3 is 0 Å². The maximum atomic E-state index is 13.3. The van der Waals surface area contributed by atoms with Crippen molar-refractivity contribution in [1.82, 2.24) is 10.2 Å². The zero-order valence-corrected chi connectivity index (χ0v) is 8.68. The van der Waals surface area contributed by atoms with Crippen LogP contribution in [0.3, 0.4) is 0 Å². The summed E-state index contributed by atoms with van der Waals surface area (Å²) in [6, 6.07) is -0.374. The summed E-state index contributed by atoms with van der Waals surface area (Å²) in [5.74, 6) is -0.641. The first-order valence-electron chi connectivity index (χ1n) is 4.66. The molecule has 0 unspecified atom stereocenters. The number of carbonyl (C=O) groups is 1. The fourth-order valence-corrected chi connectivity index (χ4v) is 1.58. The molecule has 0 aromatic rings. The van der Waals surface area contributed by atoms with Crippen molar-refractivity contribution < 1.29 is 13.6 Å². The smallest absolute Gasteiger partial charge is 0.259 e. The third-order valence-corrected chi connectivity index (χ3v) is 2.42. The number of likely N-dealkylation sites (N-methyl/N-ethyl adjacent to an activating group) is 1. The Morgan fingerprint density at radius 1 is 1.50 bits per heavy atom. The number of alkyl halides is 2. The first-order valence-corrected chi connectivity index (χ1v) is 4.66. The molecule has 1 saturated heterocycles. The first kappa shape index (κ1) is 11.4. The Bertz CT molecular complexity index is 227. The van der Waals surface area contributed by atoms with Crippen LogP contribution in [-0.4, -0.2) is 48.8 Å². The predicted octanol–water partition coefficient (Wildman–Crippen LogP) is 0.503. The molecule has 82 valence electrons. The van der Waals surface area contributed by atoms with Gasteiger partial charge in [-0.05, 0) is 20.9 Å². The lowest BCUT2D eigenvalue weighted by Crippen LogP contribution is -2.42. The van der Waals surface area contributed by atoms with Gasteiger partial charge in [0.25, 0.3) is 5.91 Å². The van der Waals surface area contributed by atoms with Crippen LogP contribution in [0.5, 0.6) is 0 Å². The molecule has 0 bridgehead atoms. The molecule has 0 aromatic carbocycles. The van der Waals surface area contributed by atoms with Gasteiger partial charge in [-0.3, -0.25) is 4.79 Å². The van der Waals surface area contributed by atoms with Crippen molar-refractivity contribution in [1.29, 1.82) is 0 Å². The summed E-state index contributed by atoms with van der Waals surface area (Å²) in [5, 5.41) is 2.76. The standard InChI is InChI=1S/C9H16F2N2O/c1-9(2,11)8(14)13-4-6(10)7(5-13)12-3/h6-7,12H,4-5H2,1-3H3/t6-,7+/m0/s1. The van der Waals surface area contributed by atoms with Crippen LogP contribution < -0.4 is 5.32 Å². The van der Waals surface area contributed by atoms with Crippen molar-refractivity contribution in [2.45, 2.75) is 31.7 Å². The maximum absolute atomic E-state index is 13.3. The molecule has 1 heterocycles. The molecular formula is C9H16F2N2O. The summed E-state index contributed by atoms with van der Waals surface area (Å²) in [6.07, 6.45) is -1.11. The van der Waals surface area contributed by atoms with Gasteiger partial charge < -0.3 is 10.2 Å². The number of hydrogen-bond acceptors (Lipinski definition) is 2. The van der Waals surface area contributed by atoms with E-state index in [4.69, 9.17) is 0 Å². The Labute approximate surface area is 82.5 Å². The predicted molar refractivity (Wildman–Crippen MR) is 49.5 cm³/mol. The van der Waals surface area contributed by atoms with E-state index >= 15 is 0 Å². The highest BCUT2D eigenvalue weighted by atomic mass is 19.1. The van der Waals surface area contributed by atoms with E-state index in [1.54, 1.807) is 7.05 Å².